The Bertz CT molecular complexity index is 1370. The van der Waals surface area contributed by atoms with Crippen LogP contribution in [0.15, 0.2) is 103 Å². The van der Waals surface area contributed by atoms with Crippen molar-refractivity contribution in [2.45, 2.75) is 0 Å². The molecule has 0 bridgehead atoms. The van der Waals surface area contributed by atoms with Crippen LogP contribution in [0.3, 0.4) is 0 Å². The average molecular weight is 436 g/mol. The van der Waals surface area contributed by atoms with Crippen molar-refractivity contribution in [2.75, 3.05) is 0 Å². The van der Waals surface area contributed by atoms with Gasteiger partial charge in [-0.15, -0.1) is 0 Å². The third-order valence-corrected chi connectivity index (χ3v) is 4.81. The van der Waals surface area contributed by atoms with Crippen LogP contribution >= 0.6 is 0 Å². The summed E-state index contributed by atoms with van der Waals surface area (Å²) in [5, 5.41) is 1.94. The monoisotopic (exact) mass is 436 g/mol. The molecule has 33 heavy (non-hydrogen) atoms. The van der Waals surface area contributed by atoms with E-state index in [9.17, 15) is 9.59 Å². The maximum atomic E-state index is 11.4. The van der Waals surface area contributed by atoms with Gasteiger partial charge < -0.3 is 13.9 Å². The van der Waals surface area contributed by atoms with Crippen LogP contribution in [-0.4, -0.2) is 11.9 Å². The number of rotatable bonds is 7. The normalized spacial score (nSPS) is 10.8. The Balaban J connectivity index is 1.47. The van der Waals surface area contributed by atoms with Crippen LogP contribution in [0.2, 0.25) is 0 Å². The van der Waals surface area contributed by atoms with Crippen LogP contribution < -0.4 is 9.47 Å². The van der Waals surface area contributed by atoms with Gasteiger partial charge in [0.15, 0.2) is 0 Å². The molecule has 4 aromatic rings. The van der Waals surface area contributed by atoms with Crippen molar-refractivity contribution in [3.8, 4) is 22.8 Å². The fraction of sp³-hybridized carbons (Fsp3) is 0. The molecular formula is C28H20O5. The van der Waals surface area contributed by atoms with E-state index in [2.05, 4.69) is 13.2 Å². The summed E-state index contributed by atoms with van der Waals surface area (Å²) in [7, 11) is 0. The second-order valence-electron chi connectivity index (χ2n) is 7.08. The van der Waals surface area contributed by atoms with Gasteiger partial charge in [0.05, 0.1) is 0 Å². The largest absolute Gasteiger partial charge is 0.457 e. The van der Waals surface area contributed by atoms with Gasteiger partial charge in [-0.05, 0) is 64.9 Å². The molecule has 0 amide bonds. The highest BCUT2D eigenvalue weighted by Gasteiger charge is 2.07. The molecule has 1 heterocycles. The van der Waals surface area contributed by atoms with Crippen molar-refractivity contribution in [1.82, 2.24) is 0 Å². The first-order valence-electron chi connectivity index (χ1n) is 10.1. The smallest absolute Gasteiger partial charge is 0.335 e. The van der Waals surface area contributed by atoms with Gasteiger partial charge in [0.25, 0.3) is 0 Å². The molecule has 0 saturated heterocycles. The third kappa shape index (κ3) is 5.35. The Morgan fingerprint density at radius 1 is 0.697 bits per heavy atom. The predicted octanol–water partition coefficient (Wildman–Crippen LogP) is 6.45. The van der Waals surface area contributed by atoms with Crippen molar-refractivity contribution in [3.05, 3.63) is 109 Å². The minimum absolute atomic E-state index is 0.458. The minimum Gasteiger partial charge on any atom is -0.457 e. The zero-order valence-electron chi connectivity index (χ0n) is 17.7. The summed E-state index contributed by atoms with van der Waals surface area (Å²) in [6.45, 7) is 6.78. The second kappa shape index (κ2) is 9.66. The van der Waals surface area contributed by atoms with E-state index >= 15 is 0 Å². The maximum Gasteiger partial charge on any atom is 0.335 e. The fourth-order valence-electron chi connectivity index (χ4n) is 3.18. The van der Waals surface area contributed by atoms with Crippen LogP contribution in [0.1, 0.15) is 11.3 Å². The average Bonchev–Trinajstić information content (AvgIpc) is 3.32. The van der Waals surface area contributed by atoms with E-state index in [1.165, 1.54) is 0 Å². The molecule has 162 valence electrons. The summed E-state index contributed by atoms with van der Waals surface area (Å²) in [4.78, 5) is 22.6. The molecule has 0 unspecified atom stereocenters. The van der Waals surface area contributed by atoms with Crippen LogP contribution in [0.4, 0.5) is 0 Å². The van der Waals surface area contributed by atoms with E-state index in [1.54, 1.807) is 24.3 Å². The molecule has 4 rings (SSSR count). The van der Waals surface area contributed by atoms with Gasteiger partial charge in [-0.3, -0.25) is 0 Å². The molecule has 0 N–H and O–H groups in total. The molecule has 0 aliphatic rings. The molecule has 0 atom stereocenters. The Kier molecular flexibility index (Phi) is 6.32. The summed E-state index contributed by atoms with van der Waals surface area (Å²) >= 11 is 0. The molecule has 0 radical (unpaired) electrons. The van der Waals surface area contributed by atoms with Gasteiger partial charge >= 0.3 is 11.9 Å². The first kappa shape index (κ1) is 21.6. The standard InChI is InChI=1S/C28H20O5/c1-3-27(29)32-24-12-6-19(7-13-24)5-11-23-15-16-26(31-23)22-9-8-21-18-25(33-28(30)4-2)14-10-20(21)17-22/h3-18H,1-2H2. The van der Waals surface area contributed by atoms with Crippen molar-refractivity contribution in [2.24, 2.45) is 0 Å². The number of fused-ring (bicyclic) bond motifs is 1. The molecule has 0 spiro atoms. The molecule has 0 fully saturated rings. The molecule has 5 heteroatoms. The Labute approximate surface area is 190 Å². The van der Waals surface area contributed by atoms with E-state index in [1.807, 2.05) is 60.7 Å². The lowest BCUT2D eigenvalue weighted by molar-refractivity contribution is -0.129. The minimum atomic E-state index is -0.494. The summed E-state index contributed by atoms with van der Waals surface area (Å²) < 4.78 is 16.2. The summed E-state index contributed by atoms with van der Waals surface area (Å²) in [5.74, 6) is 1.39. The van der Waals surface area contributed by atoms with Gasteiger partial charge in [-0.2, -0.15) is 0 Å². The van der Waals surface area contributed by atoms with Gasteiger partial charge in [-0.1, -0.05) is 49.6 Å². The highest BCUT2D eigenvalue weighted by atomic mass is 16.5. The zero-order valence-corrected chi connectivity index (χ0v) is 17.7. The van der Waals surface area contributed by atoms with Gasteiger partial charge in [-0.25, -0.2) is 9.59 Å². The quantitative estimate of drug-likeness (QED) is 0.189. The van der Waals surface area contributed by atoms with E-state index in [-0.39, 0.29) is 0 Å². The predicted molar refractivity (Wildman–Crippen MR) is 129 cm³/mol. The van der Waals surface area contributed by atoms with Crippen LogP contribution in [0, 0.1) is 0 Å². The topological polar surface area (TPSA) is 65.7 Å². The zero-order chi connectivity index (χ0) is 23.2. The molecule has 0 aliphatic carbocycles. The number of carbonyl (C=O) groups is 2. The molecule has 0 saturated carbocycles. The summed E-state index contributed by atoms with van der Waals surface area (Å²) in [6, 6.07) is 22.3. The highest BCUT2D eigenvalue weighted by molar-refractivity contribution is 5.89. The number of hydrogen-bond acceptors (Lipinski definition) is 5. The molecule has 3 aromatic carbocycles. The second-order valence-corrected chi connectivity index (χ2v) is 7.08. The van der Waals surface area contributed by atoms with E-state index in [0.717, 1.165) is 39.8 Å². The Morgan fingerprint density at radius 2 is 1.33 bits per heavy atom. The van der Waals surface area contributed by atoms with Gasteiger partial charge in [0.1, 0.15) is 23.0 Å². The van der Waals surface area contributed by atoms with E-state index in [0.29, 0.717) is 17.3 Å². The Morgan fingerprint density at radius 3 is 2.06 bits per heavy atom. The summed E-state index contributed by atoms with van der Waals surface area (Å²) in [5.41, 5.74) is 1.87. The third-order valence-electron chi connectivity index (χ3n) is 4.81. The number of carbonyl (C=O) groups excluding carboxylic acids is 2. The Hall–Kier alpha value is -4.64. The van der Waals surface area contributed by atoms with Crippen LogP contribution in [0.25, 0.3) is 34.2 Å². The SMILES string of the molecule is C=CC(=O)Oc1ccc(C=Cc2ccc(-c3ccc4cc(OC(=O)C=C)ccc4c3)o2)cc1. The lowest BCUT2D eigenvalue weighted by atomic mass is 10.1. The molecule has 5 nitrogen and oxygen atoms in total. The number of esters is 2. The lowest BCUT2D eigenvalue weighted by Crippen LogP contribution is -2.02. The molecule has 1 aromatic heterocycles. The van der Waals surface area contributed by atoms with Crippen molar-refractivity contribution < 1.29 is 23.5 Å². The molecule has 0 aliphatic heterocycles. The van der Waals surface area contributed by atoms with Crippen LogP contribution in [0.5, 0.6) is 11.5 Å². The molecular weight excluding hydrogens is 416 g/mol. The van der Waals surface area contributed by atoms with Crippen LogP contribution in [-0.2, 0) is 9.59 Å². The first-order chi connectivity index (χ1) is 16.0. The number of hydrogen-bond donors (Lipinski definition) is 0. The first-order valence-corrected chi connectivity index (χ1v) is 10.1. The fourth-order valence-corrected chi connectivity index (χ4v) is 3.18. The maximum absolute atomic E-state index is 11.4. The number of ether oxygens (including phenoxy) is 2. The van der Waals surface area contributed by atoms with E-state index in [4.69, 9.17) is 13.9 Å². The van der Waals surface area contributed by atoms with Gasteiger partial charge in [0.2, 0.25) is 0 Å². The van der Waals surface area contributed by atoms with Crippen molar-refractivity contribution in [1.29, 1.82) is 0 Å². The van der Waals surface area contributed by atoms with Crippen molar-refractivity contribution >= 4 is 34.9 Å². The summed E-state index contributed by atoms with van der Waals surface area (Å²) in [6.07, 6.45) is 6.03. The number of benzene rings is 3. The van der Waals surface area contributed by atoms with E-state index < -0.39 is 11.9 Å². The number of furan rings is 1. The lowest BCUT2D eigenvalue weighted by Gasteiger charge is -2.05. The van der Waals surface area contributed by atoms with Crippen molar-refractivity contribution in [3.63, 3.8) is 0 Å². The van der Waals surface area contributed by atoms with Gasteiger partial charge in [0, 0.05) is 17.7 Å². The highest BCUT2D eigenvalue weighted by Crippen LogP contribution is 2.29.